The molecule has 1 aliphatic heterocycles. The predicted octanol–water partition coefficient (Wildman–Crippen LogP) is 1.76. The second kappa shape index (κ2) is 6.09. The molecule has 19 heavy (non-hydrogen) atoms. The van der Waals surface area contributed by atoms with Crippen molar-refractivity contribution in [1.82, 2.24) is 5.32 Å². The Bertz CT molecular complexity index is 540. The standard InChI is InChI=1S/C12H17ClN2O3S/c1-19(16,17)15-9-3-4-11(13)10(7-9)12-8-18-6-2-5-14-12/h3-4,7,12,14-15H,2,5-6,8H2,1H3. The van der Waals surface area contributed by atoms with Gasteiger partial charge in [0, 0.05) is 17.3 Å². The summed E-state index contributed by atoms with van der Waals surface area (Å²) in [4.78, 5) is 0. The normalized spacial score (nSPS) is 20.8. The Morgan fingerprint density at radius 2 is 2.26 bits per heavy atom. The predicted molar refractivity (Wildman–Crippen MR) is 76.1 cm³/mol. The molecule has 0 spiro atoms. The summed E-state index contributed by atoms with van der Waals surface area (Å²) in [6.07, 6.45) is 2.07. The Kier molecular flexibility index (Phi) is 4.67. The topological polar surface area (TPSA) is 67.4 Å². The highest BCUT2D eigenvalue weighted by Gasteiger charge is 2.18. The van der Waals surface area contributed by atoms with Crippen molar-refractivity contribution in [1.29, 1.82) is 0 Å². The van der Waals surface area contributed by atoms with Crippen LogP contribution < -0.4 is 10.0 Å². The van der Waals surface area contributed by atoms with Gasteiger partial charge >= 0.3 is 0 Å². The highest BCUT2D eigenvalue weighted by Crippen LogP contribution is 2.27. The summed E-state index contributed by atoms with van der Waals surface area (Å²) >= 11 is 6.18. The number of sulfonamides is 1. The van der Waals surface area contributed by atoms with E-state index in [0.29, 0.717) is 17.3 Å². The molecule has 1 aromatic rings. The fourth-order valence-electron chi connectivity index (χ4n) is 2.00. The first-order valence-corrected chi connectivity index (χ1v) is 8.31. The molecule has 0 saturated carbocycles. The van der Waals surface area contributed by atoms with Gasteiger partial charge in [-0.25, -0.2) is 8.42 Å². The fourth-order valence-corrected chi connectivity index (χ4v) is 2.80. The van der Waals surface area contributed by atoms with Crippen molar-refractivity contribution < 1.29 is 13.2 Å². The Morgan fingerprint density at radius 1 is 1.47 bits per heavy atom. The molecule has 106 valence electrons. The van der Waals surface area contributed by atoms with E-state index in [-0.39, 0.29) is 6.04 Å². The van der Waals surface area contributed by atoms with Crippen molar-refractivity contribution in [3.63, 3.8) is 0 Å². The first-order chi connectivity index (χ1) is 8.96. The minimum absolute atomic E-state index is 0.0173. The minimum Gasteiger partial charge on any atom is -0.379 e. The molecule has 0 aromatic heterocycles. The van der Waals surface area contributed by atoms with Crippen molar-refractivity contribution in [2.24, 2.45) is 0 Å². The summed E-state index contributed by atoms with van der Waals surface area (Å²) in [6.45, 7) is 2.11. The molecule has 1 saturated heterocycles. The number of anilines is 1. The summed E-state index contributed by atoms with van der Waals surface area (Å²) in [5, 5.41) is 3.94. The van der Waals surface area contributed by atoms with E-state index in [9.17, 15) is 8.42 Å². The van der Waals surface area contributed by atoms with Crippen molar-refractivity contribution in [3.05, 3.63) is 28.8 Å². The van der Waals surface area contributed by atoms with Crippen LogP contribution in [-0.4, -0.2) is 34.4 Å². The third-order valence-corrected chi connectivity index (χ3v) is 3.77. The highest BCUT2D eigenvalue weighted by molar-refractivity contribution is 7.92. The first kappa shape index (κ1) is 14.6. The van der Waals surface area contributed by atoms with Gasteiger partial charge < -0.3 is 10.1 Å². The van der Waals surface area contributed by atoms with Crippen LogP contribution in [0.15, 0.2) is 18.2 Å². The molecule has 0 aliphatic carbocycles. The van der Waals surface area contributed by atoms with Crippen molar-refractivity contribution in [2.75, 3.05) is 30.7 Å². The Hall–Kier alpha value is -0.820. The van der Waals surface area contributed by atoms with E-state index in [1.165, 1.54) is 0 Å². The van der Waals surface area contributed by atoms with E-state index >= 15 is 0 Å². The van der Waals surface area contributed by atoms with E-state index in [4.69, 9.17) is 16.3 Å². The van der Waals surface area contributed by atoms with E-state index in [0.717, 1.165) is 31.4 Å². The SMILES string of the molecule is CS(=O)(=O)Nc1ccc(Cl)c(C2COCCCN2)c1. The zero-order chi connectivity index (χ0) is 13.9. The van der Waals surface area contributed by atoms with Crippen LogP contribution in [0, 0.1) is 0 Å². The maximum Gasteiger partial charge on any atom is 0.229 e. The van der Waals surface area contributed by atoms with Crippen molar-refractivity contribution in [3.8, 4) is 0 Å². The van der Waals surface area contributed by atoms with Gasteiger partial charge in [0.05, 0.1) is 18.9 Å². The van der Waals surface area contributed by atoms with Crippen LogP contribution in [0.1, 0.15) is 18.0 Å². The maximum absolute atomic E-state index is 11.2. The quantitative estimate of drug-likeness (QED) is 0.893. The van der Waals surface area contributed by atoms with E-state index in [1.807, 2.05) is 0 Å². The molecule has 1 aliphatic rings. The summed E-state index contributed by atoms with van der Waals surface area (Å²) in [7, 11) is -3.29. The fraction of sp³-hybridized carbons (Fsp3) is 0.500. The molecule has 0 radical (unpaired) electrons. The summed E-state index contributed by atoms with van der Waals surface area (Å²) in [5.74, 6) is 0. The molecule has 2 rings (SSSR count). The molecule has 2 N–H and O–H groups in total. The molecule has 1 aromatic carbocycles. The zero-order valence-electron chi connectivity index (χ0n) is 10.6. The van der Waals surface area contributed by atoms with Crippen LogP contribution >= 0.6 is 11.6 Å². The van der Waals surface area contributed by atoms with Crippen molar-refractivity contribution in [2.45, 2.75) is 12.5 Å². The number of hydrogen-bond donors (Lipinski definition) is 2. The van der Waals surface area contributed by atoms with Gasteiger partial charge in [-0.1, -0.05) is 11.6 Å². The largest absolute Gasteiger partial charge is 0.379 e. The molecular formula is C12H17ClN2O3S. The van der Waals surface area contributed by atoms with Gasteiger partial charge in [0.25, 0.3) is 0 Å². The number of hydrogen-bond acceptors (Lipinski definition) is 4. The average Bonchev–Trinajstić information content (AvgIpc) is 2.58. The third-order valence-electron chi connectivity index (χ3n) is 2.82. The number of ether oxygens (including phenoxy) is 1. The summed E-state index contributed by atoms with van der Waals surface area (Å²) < 4.78 is 30.4. The van der Waals surface area contributed by atoms with Crippen molar-refractivity contribution >= 4 is 27.3 Å². The zero-order valence-corrected chi connectivity index (χ0v) is 12.2. The van der Waals surface area contributed by atoms with E-state index in [2.05, 4.69) is 10.0 Å². The number of benzene rings is 1. The van der Waals surface area contributed by atoms with E-state index < -0.39 is 10.0 Å². The summed E-state index contributed by atoms with van der Waals surface area (Å²) in [5.41, 5.74) is 1.35. The van der Waals surface area contributed by atoms with Gasteiger partial charge in [0.1, 0.15) is 0 Å². The second-order valence-electron chi connectivity index (χ2n) is 4.55. The minimum atomic E-state index is -3.29. The molecule has 1 unspecified atom stereocenters. The highest BCUT2D eigenvalue weighted by atomic mass is 35.5. The van der Waals surface area contributed by atoms with Crippen LogP contribution in [0.4, 0.5) is 5.69 Å². The molecule has 5 nitrogen and oxygen atoms in total. The molecule has 1 heterocycles. The maximum atomic E-state index is 11.2. The van der Waals surface area contributed by atoms with Gasteiger partial charge in [-0.05, 0) is 36.7 Å². The van der Waals surface area contributed by atoms with Crippen LogP contribution in [0.25, 0.3) is 0 Å². The Labute approximate surface area is 118 Å². The first-order valence-electron chi connectivity index (χ1n) is 6.04. The Morgan fingerprint density at radius 3 is 3.00 bits per heavy atom. The number of nitrogens with one attached hydrogen (secondary N) is 2. The lowest BCUT2D eigenvalue weighted by atomic mass is 10.1. The number of rotatable bonds is 3. The molecule has 1 atom stereocenters. The molecule has 0 amide bonds. The molecule has 1 fully saturated rings. The second-order valence-corrected chi connectivity index (χ2v) is 6.70. The molecular weight excluding hydrogens is 288 g/mol. The summed E-state index contributed by atoms with van der Waals surface area (Å²) in [6, 6.07) is 5.06. The van der Waals surface area contributed by atoms with Gasteiger partial charge in [0.2, 0.25) is 10.0 Å². The van der Waals surface area contributed by atoms with Gasteiger partial charge in [-0.3, -0.25) is 4.72 Å². The van der Waals surface area contributed by atoms with Gasteiger partial charge in [-0.2, -0.15) is 0 Å². The Balaban J connectivity index is 2.25. The monoisotopic (exact) mass is 304 g/mol. The van der Waals surface area contributed by atoms with Gasteiger partial charge in [-0.15, -0.1) is 0 Å². The van der Waals surface area contributed by atoms with Gasteiger partial charge in [0.15, 0.2) is 0 Å². The third kappa shape index (κ3) is 4.35. The van der Waals surface area contributed by atoms with Crippen LogP contribution in [0.3, 0.4) is 0 Å². The molecule has 7 heteroatoms. The lowest BCUT2D eigenvalue weighted by Gasteiger charge is -2.18. The van der Waals surface area contributed by atoms with Crippen LogP contribution in [0.5, 0.6) is 0 Å². The smallest absolute Gasteiger partial charge is 0.229 e. The lowest BCUT2D eigenvalue weighted by molar-refractivity contribution is 0.131. The lowest BCUT2D eigenvalue weighted by Crippen LogP contribution is -2.24. The number of halogens is 1. The molecule has 0 bridgehead atoms. The van der Waals surface area contributed by atoms with Crippen LogP contribution in [-0.2, 0) is 14.8 Å². The average molecular weight is 305 g/mol. The van der Waals surface area contributed by atoms with Crippen LogP contribution in [0.2, 0.25) is 5.02 Å². The van der Waals surface area contributed by atoms with E-state index in [1.54, 1.807) is 18.2 Å².